The minimum atomic E-state index is -0.849. The number of halogens is 1. The summed E-state index contributed by atoms with van der Waals surface area (Å²) >= 11 is 5.94. The van der Waals surface area contributed by atoms with Gasteiger partial charge in [0.25, 0.3) is 0 Å². The van der Waals surface area contributed by atoms with Gasteiger partial charge in [0.2, 0.25) is 5.91 Å². The minimum absolute atomic E-state index is 0.125. The van der Waals surface area contributed by atoms with Gasteiger partial charge in [-0.2, -0.15) is 0 Å². The van der Waals surface area contributed by atoms with Gasteiger partial charge in [0.15, 0.2) is 6.61 Å². The molecule has 0 saturated heterocycles. The molecular formula is C25H21ClN2O5. The van der Waals surface area contributed by atoms with Gasteiger partial charge in [-0.15, -0.1) is 18.0 Å². The Morgan fingerprint density at radius 3 is 2.58 bits per heavy atom. The van der Waals surface area contributed by atoms with Crippen LogP contribution in [-0.4, -0.2) is 53.4 Å². The summed E-state index contributed by atoms with van der Waals surface area (Å²) < 4.78 is 10.0. The number of esters is 2. The van der Waals surface area contributed by atoms with Crippen LogP contribution in [0, 0.1) is 12.3 Å². The van der Waals surface area contributed by atoms with E-state index in [0.29, 0.717) is 17.5 Å². The van der Waals surface area contributed by atoms with Gasteiger partial charge in [0.05, 0.1) is 18.7 Å². The molecule has 7 nitrogen and oxygen atoms in total. The normalized spacial score (nSPS) is 17.2. The number of carbonyl (C=O) groups is 3. The standard InChI is InChI=1S/C25H21ClN2O5/c1-3-12-33-24(30)16-10-8-15(9-11-16)23-22-18(17-6-4-5-7-19(17)27-22)13-20(25(31)32-2)28(23)21(29)14-26/h1,4-11,20,23,27H,12-14H2,2H3. The van der Waals surface area contributed by atoms with E-state index < -0.39 is 29.9 Å². The number of fused-ring (bicyclic) bond motifs is 3. The van der Waals surface area contributed by atoms with Crippen LogP contribution >= 0.6 is 11.6 Å². The fourth-order valence-electron chi connectivity index (χ4n) is 4.32. The number of para-hydroxylation sites is 1. The van der Waals surface area contributed by atoms with E-state index in [9.17, 15) is 14.4 Å². The van der Waals surface area contributed by atoms with Crippen molar-refractivity contribution in [2.24, 2.45) is 0 Å². The third kappa shape index (κ3) is 4.06. The number of rotatable bonds is 5. The van der Waals surface area contributed by atoms with E-state index >= 15 is 0 Å². The van der Waals surface area contributed by atoms with Gasteiger partial charge in [0.1, 0.15) is 11.9 Å². The number of hydrogen-bond donors (Lipinski definition) is 1. The lowest BCUT2D eigenvalue weighted by Crippen LogP contribution is -2.52. The number of H-pyrrole nitrogens is 1. The van der Waals surface area contributed by atoms with Gasteiger partial charge in [-0.25, -0.2) is 9.59 Å². The molecule has 0 radical (unpaired) electrons. The number of alkyl halides is 1. The van der Waals surface area contributed by atoms with Gasteiger partial charge < -0.3 is 19.4 Å². The summed E-state index contributed by atoms with van der Waals surface area (Å²) in [4.78, 5) is 42.7. The first-order chi connectivity index (χ1) is 16.0. The molecule has 4 rings (SSSR count). The second kappa shape index (κ2) is 9.39. The van der Waals surface area contributed by atoms with Gasteiger partial charge in [-0.1, -0.05) is 36.3 Å². The van der Waals surface area contributed by atoms with Gasteiger partial charge in [0, 0.05) is 23.0 Å². The van der Waals surface area contributed by atoms with Crippen LogP contribution in [0.4, 0.5) is 0 Å². The van der Waals surface area contributed by atoms with Crippen molar-refractivity contribution in [2.75, 3.05) is 19.6 Å². The second-order valence-electron chi connectivity index (χ2n) is 7.55. The number of terminal acetylenes is 1. The molecule has 0 saturated carbocycles. The Bertz CT molecular complexity index is 1260. The number of carbonyl (C=O) groups excluding carboxylic acids is 3. The molecule has 1 aliphatic rings. The highest BCUT2D eigenvalue weighted by atomic mass is 35.5. The fraction of sp³-hybridized carbons (Fsp3) is 0.240. The second-order valence-corrected chi connectivity index (χ2v) is 7.81. The van der Waals surface area contributed by atoms with E-state index in [1.165, 1.54) is 12.0 Å². The molecule has 2 aromatic carbocycles. The van der Waals surface area contributed by atoms with E-state index in [2.05, 4.69) is 10.9 Å². The number of nitrogens with zero attached hydrogens (tertiary/aromatic N) is 1. The van der Waals surface area contributed by atoms with E-state index in [4.69, 9.17) is 27.5 Å². The molecule has 0 spiro atoms. The first kappa shape index (κ1) is 22.4. The molecule has 3 aromatic rings. The molecule has 2 unspecified atom stereocenters. The zero-order valence-electron chi connectivity index (χ0n) is 17.8. The van der Waals surface area contributed by atoms with Gasteiger partial charge in [-0.05, 0) is 29.3 Å². The summed E-state index contributed by atoms with van der Waals surface area (Å²) in [7, 11) is 1.29. The van der Waals surface area contributed by atoms with Crippen LogP contribution in [0.15, 0.2) is 48.5 Å². The smallest absolute Gasteiger partial charge is 0.339 e. The van der Waals surface area contributed by atoms with Crippen molar-refractivity contribution < 1.29 is 23.9 Å². The molecule has 33 heavy (non-hydrogen) atoms. The van der Waals surface area contributed by atoms with Crippen molar-refractivity contribution in [1.82, 2.24) is 9.88 Å². The van der Waals surface area contributed by atoms with Crippen molar-refractivity contribution in [1.29, 1.82) is 0 Å². The highest BCUT2D eigenvalue weighted by molar-refractivity contribution is 6.27. The van der Waals surface area contributed by atoms with E-state index in [1.807, 2.05) is 24.3 Å². The Kier molecular flexibility index (Phi) is 6.38. The Morgan fingerprint density at radius 2 is 1.91 bits per heavy atom. The number of methoxy groups -OCH3 is 1. The van der Waals surface area contributed by atoms with Crippen molar-refractivity contribution >= 4 is 40.3 Å². The first-order valence-corrected chi connectivity index (χ1v) is 10.8. The maximum absolute atomic E-state index is 13.0. The number of amides is 1. The highest BCUT2D eigenvalue weighted by Gasteiger charge is 2.43. The van der Waals surface area contributed by atoms with Gasteiger partial charge in [-0.3, -0.25) is 4.79 Å². The zero-order chi connectivity index (χ0) is 23.5. The highest BCUT2D eigenvalue weighted by Crippen LogP contribution is 2.41. The molecule has 0 aliphatic carbocycles. The van der Waals surface area contributed by atoms with Crippen LogP contribution < -0.4 is 0 Å². The van der Waals surface area contributed by atoms with Crippen LogP contribution in [0.2, 0.25) is 0 Å². The molecule has 2 heterocycles. The van der Waals surface area contributed by atoms with Crippen LogP contribution in [0.1, 0.15) is 33.2 Å². The number of aromatic nitrogens is 1. The molecule has 2 atom stereocenters. The summed E-state index contributed by atoms with van der Waals surface area (Å²) in [6, 6.07) is 12.9. The lowest BCUT2D eigenvalue weighted by Gasteiger charge is -2.40. The van der Waals surface area contributed by atoms with Gasteiger partial charge >= 0.3 is 11.9 Å². The van der Waals surface area contributed by atoms with E-state index in [-0.39, 0.29) is 12.5 Å². The number of ether oxygens (including phenoxy) is 2. The molecule has 1 amide bonds. The Balaban J connectivity index is 1.86. The van der Waals surface area contributed by atoms with Crippen LogP contribution in [0.25, 0.3) is 10.9 Å². The quantitative estimate of drug-likeness (QED) is 0.356. The molecule has 1 N–H and O–H groups in total. The van der Waals surface area contributed by atoms with E-state index in [0.717, 1.165) is 22.2 Å². The average molecular weight is 465 g/mol. The summed E-state index contributed by atoms with van der Waals surface area (Å²) in [6.07, 6.45) is 5.44. The Hall–Kier alpha value is -3.76. The third-order valence-corrected chi connectivity index (χ3v) is 5.98. The van der Waals surface area contributed by atoms with Crippen molar-refractivity contribution in [3.05, 3.63) is 70.9 Å². The number of aromatic amines is 1. The monoisotopic (exact) mass is 464 g/mol. The lowest BCUT2D eigenvalue weighted by atomic mass is 9.87. The molecule has 168 valence electrons. The van der Waals surface area contributed by atoms with Crippen molar-refractivity contribution in [3.63, 3.8) is 0 Å². The number of benzene rings is 2. The topological polar surface area (TPSA) is 88.7 Å². The maximum Gasteiger partial charge on any atom is 0.339 e. The summed E-state index contributed by atoms with van der Waals surface area (Å²) in [5, 5.41) is 0.971. The lowest BCUT2D eigenvalue weighted by molar-refractivity contribution is -0.154. The molecule has 0 bridgehead atoms. The Labute approximate surface area is 195 Å². The maximum atomic E-state index is 13.0. The summed E-state index contributed by atoms with van der Waals surface area (Å²) in [5.74, 6) is 0.484. The predicted molar refractivity (Wildman–Crippen MR) is 123 cm³/mol. The summed E-state index contributed by atoms with van der Waals surface area (Å²) in [6.45, 7) is -0.125. The van der Waals surface area contributed by atoms with Crippen LogP contribution in [0.5, 0.6) is 0 Å². The zero-order valence-corrected chi connectivity index (χ0v) is 18.6. The van der Waals surface area contributed by atoms with Crippen LogP contribution in [-0.2, 0) is 25.5 Å². The molecule has 1 aromatic heterocycles. The van der Waals surface area contributed by atoms with Crippen molar-refractivity contribution in [3.8, 4) is 12.3 Å². The SMILES string of the molecule is C#CCOC(=O)c1ccc(C2c3[nH]c4ccccc4c3CC(C(=O)OC)N2C(=O)CCl)cc1. The average Bonchev–Trinajstić information content (AvgIpc) is 3.23. The van der Waals surface area contributed by atoms with Crippen LogP contribution in [0.3, 0.4) is 0 Å². The first-order valence-electron chi connectivity index (χ1n) is 10.2. The largest absolute Gasteiger partial charge is 0.467 e. The Morgan fingerprint density at radius 1 is 1.18 bits per heavy atom. The molecule has 0 fully saturated rings. The molecular weight excluding hydrogens is 444 g/mol. The van der Waals surface area contributed by atoms with E-state index in [1.54, 1.807) is 24.3 Å². The van der Waals surface area contributed by atoms with Crippen molar-refractivity contribution in [2.45, 2.75) is 18.5 Å². The number of hydrogen-bond acceptors (Lipinski definition) is 5. The summed E-state index contributed by atoms with van der Waals surface area (Å²) in [5.41, 5.74) is 3.63. The molecule has 8 heteroatoms. The third-order valence-electron chi connectivity index (χ3n) is 5.76. The fourth-order valence-corrected chi connectivity index (χ4v) is 4.46. The molecule has 1 aliphatic heterocycles. The predicted octanol–water partition coefficient (Wildman–Crippen LogP) is 3.21. The number of nitrogens with one attached hydrogen (secondary N) is 1. The minimum Gasteiger partial charge on any atom is -0.467 e.